The van der Waals surface area contributed by atoms with Gasteiger partial charge in [0.15, 0.2) is 5.69 Å². The standard InChI is InChI=1S/C16H16N6O2/c17-6-13-14(22-4-3-10(8-22)9-1-2-9)5-12(20-21-13)11-7-18-16(24)19-15(11)23/h5,7,9-10H,1-4,8H2,(H2,18,19,23,24). The number of aromatic amines is 2. The lowest BCUT2D eigenvalue weighted by Crippen LogP contribution is -2.24. The van der Waals surface area contributed by atoms with Crippen molar-refractivity contribution in [1.82, 2.24) is 20.2 Å². The molecule has 3 heterocycles. The van der Waals surface area contributed by atoms with Crippen molar-refractivity contribution in [3.8, 4) is 17.3 Å². The summed E-state index contributed by atoms with van der Waals surface area (Å²) >= 11 is 0. The van der Waals surface area contributed by atoms with Crippen molar-refractivity contribution in [3.63, 3.8) is 0 Å². The summed E-state index contributed by atoms with van der Waals surface area (Å²) in [4.78, 5) is 29.9. The Morgan fingerprint density at radius 1 is 1.21 bits per heavy atom. The zero-order chi connectivity index (χ0) is 16.7. The van der Waals surface area contributed by atoms with Crippen LogP contribution in [0.4, 0.5) is 5.69 Å². The minimum atomic E-state index is -0.572. The highest BCUT2D eigenvalue weighted by Crippen LogP contribution is 2.42. The molecule has 24 heavy (non-hydrogen) atoms. The van der Waals surface area contributed by atoms with Crippen LogP contribution in [0.15, 0.2) is 21.9 Å². The Morgan fingerprint density at radius 2 is 2.04 bits per heavy atom. The van der Waals surface area contributed by atoms with Crippen LogP contribution in [-0.4, -0.2) is 33.3 Å². The molecule has 4 rings (SSSR count). The molecule has 1 saturated heterocycles. The van der Waals surface area contributed by atoms with Crippen molar-refractivity contribution in [2.45, 2.75) is 19.3 Å². The molecule has 1 atom stereocenters. The van der Waals surface area contributed by atoms with Crippen LogP contribution in [0.2, 0.25) is 0 Å². The van der Waals surface area contributed by atoms with Crippen molar-refractivity contribution in [2.24, 2.45) is 11.8 Å². The van der Waals surface area contributed by atoms with Crippen LogP contribution >= 0.6 is 0 Å². The molecule has 8 nitrogen and oxygen atoms in total. The van der Waals surface area contributed by atoms with Gasteiger partial charge >= 0.3 is 5.69 Å². The third-order valence-corrected chi connectivity index (χ3v) is 4.83. The first-order valence-corrected chi connectivity index (χ1v) is 8.01. The average Bonchev–Trinajstić information content (AvgIpc) is 3.32. The smallest absolute Gasteiger partial charge is 0.325 e. The topological polar surface area (TPSA) is 119 Å². The van der Waals surface area contributed by atoms with Gasteiger partial charge in [-0.15, -0.1) is 10.2 Å². The van der Waals surface area contributed by atoms with Crippen LogP contribution in [0.3, 0.4) is 0 Å². The lowest BCUT2D eigenvalue weighted by molar-refractivity contribution is 0.514. The molecule has 122 valence electrons. The first kappa shape index (κ1) is 14.6. The van der Waals surface area contributed by atoms with Gasteiger partial charge in [-0.05, 0) is 37.2 Å². The largest absolute Gasteiger partial charge is 0.369 e. The molecule has 0 aromatic carbocycles. The maximum absolute atomic E-state index is 12.0. The molecule has 0 amide bonds. The summed E-state index contributed by atoms with van der Waals surface area (Å²) in [6.45, 7) is 1.79. The first-order valence-electron chi connectivity index (χ1n) is 8.01. The molecular weight excluding hydrogens is 308 g/mol. The molecule has 1 aliphatic carbocycles. The molecule has 1 saturated carbocycles. The molecule has 0 radical (unpaired) electrons. The molecule has 2 aromatic heterocycles. The third kappa shape index (κ3) is 2.58. The van der Waals surface area contributed by atoms with Gasteiger partial charge in [0.25, 0.3) is 5.56 Å². The van der Waals surface area contributed by atoms with Crippen molar-refractivity contribution in [1.29, 1.82) is 5.26 Å². The van der Waals surface area contributed by atoms with E-state index in [1.54, 1.807) is 6.07 Å². The Bertz CT molecular complexity index is 937. The fourth-order valence-corrected chi connectivity index (χ4v) is 3.39. The zero-order valence-electron chi connectivity index (χ0n) is 13.0. The van der Waals surface area contributed by atoms with Crippen molar-refractivity contribution >= 4 is 5.69 Å². The Morgan fingerprint density at radius 3 is 2.75 bits per heavy atom. The number of anilines is 1. The number of hydrogen-bond acceptors (Lipinski definition) is 6. The monoisotopic (exact) mass is 324 g/mol. The zero-order valence-corrected chi connectivity index (χ0v) is 13.0. The van der Waals surface area contributed by atoms with E-state index >= 15 is 0 Å². The first-order chi connectivity index (χ1) is 11.7. The number of nitrogens with zero attached hydrogens (tertiary/aromatic N) is 4. The van der Waals surface area contributed by atoms with Gasteiger partial charge in [0.05, 0.1) is 11.3 Å². The number of nitrogens with one attached hydrogen (secondary N) is 2. The summed E-state index contributed by atoms with van der Waals surface area (Å²) in [7, 11) is 0. The number of nitriles is 1. The molecule has 1 aliphatic heterocycles. The molecule has 2 aliphatic rings. The summed E-state index contributed by atoms with van der Waals surface area (Å²) < 4.78 is 0. The summed E-state index contributed by atoms with van der Waals surface area (Å²) in [6, 6.07) is 3.79. The Labute approximate surface area is 137 Å². The molecule has 2 N–H and O–H groups in total. The van der Waals surface area contributed by atoms with Gasteiger partial charge in [0, 0.05) is 19.3 Å². The van der Waals surface area contributed by atoms with Gasteiger partial charge in [0.1, 0.15) is 11.8 Å². The Kier molecular flexibility index (Phi) is 3.41. The fraction of sp³-hybridized carbons (Fsp3) is 0.438. The molecule has 2 aromatic rings. The lowest BCUT2D eigenvalue weighted by atomic mass is 10.0. The van der Waals surface area contributed by atoms with Crippen molar-refractivity contribution < 1.29 is 0 Å². The van der Waals surface area contributed by atoms with Crippen LogP contribution < -0.4 is 16.1 Å². The average molecular weight is 324 g/mol. The van der Waals surface area contributed by atoms with E-state index in [1.807, 2.05) is 0 Å². The van der Waals surface area contributed by atoms with Gasteiger partial charge < -0.3 is 9.88 Å². The highest BCUT2D eigenvalue weighted by atomic mass is 16.2. The van der Waals surface area contributed by atoms with E-state index in [2.05, 4.69) is 31.1 Å². The predicted octanol–water partition coefficient (Wildman–Crippen LogP) is 0.628. The maximum atomic E-state index is 12.0. The minimum Gasteiger partial charge on any atom is -0.369 e. The van der Waals surface area contributed by atoms with E-state index in [-0.39, 0.29) is 11.3 Å². The van der Waals surface area contributed by atoms with Crippen molar-refractivity contribution in [2.75, 3.05) is 18.0 Å². The van der Waals surface area contributed by atoms with Crippen LogP contribution in [0.25, 0.3) is 11.3 Å². The normalized spacial score (nSPS) is 20.1. The number of hydrogen-bond donors (Lipinski definition) is 2. The molecule has 1 unspecified atom stereocenters. The van der Waals surface area contributed by atoms with E-state index in [1.165, 1.54) is 19.0 Å². The number of rotatable bonds is 3. The highest BCUT2D eigenvalue weighted by molar-refractivity contribution is 5.66. The van der Waals surface area contributed by atoms with Gasteiger partial charge in [0.2, 0.25) is 0 Å². The van der Waals surface area contributed by atoms with Gasteiger partial charge in [-0.2, -0.15) is 5.26 Å². The summed E-state index contributed by atoms with van der Waals surface area (Å²) in [5.41, 5.74) is 0.438. The SMILES string of the molecule is N#Cc1nnc(-c2c[nH]c(=O)[nH]c2=O)cc1N1CCC(C2CC2)C1. The van der Waals surface area contributed by atoms with Gasteiger partial charge in [-0.1, -0.05) is 0 Å². The third-order valence-electron chi connectivity index (χ3n) is 4.83. The Hall–Kier alpha value is -2.95. The van der Waals surface area contributed by atoms with E-state index < -0.39 is 11.2 Å². The molecule has 0 spiro atoms. The van der Waals surface area contributed by atoms with E-state index in [4.69, 9.17) is 0 Å². The second-order valence-corrected chi connectivity index (χ2v) is 6.39. The van der Waals surface area contributed by atoms with E-state index in [0.29, 0.717) is 17.3 Å². The number of aromatic nitrogens is 4. The number of H-pyrrole nitrogens is 2. The molecular formula is C16H16N6O2. The van der Waals surface area contributed by atoms with Gasteiger partial charge in [-0.25, -0.2) is 4.79 Å². The lowest BCUT2D eigenvalue weighted by Gasteiger charge is -2.19. The van der Waals surface area contributed by atoms with Crippen molar-refractivity contribution in [3.05, 3.63) is 38.8 Å². The van der Waals surface area contributed by atoms with Crippen LogP contribution in [0, 0.1) is 23.2 Å². The molecule has 2 fully saturated rings. The summed E-state index contributed by atoms with van der Waals surface area (Å²) in [5, 5.41) is 17.3. The predicted molar refractivity (Wildman–Crippen MR) is 86.5 cm³/mol. The van der Waals surface area contributed by atoms with E-state index in [9.17, 15) is 14.9 Å². The van der Waals surface area contributed by atoms with E-state index in [0.717, 1.165) is 25.4 Å². The molecule has 0 bridgehead atoms. The quantitative estimate of drug-likeness (QED) is 0.854. The summed E-state index contributed by atoms with van der Waals surface area (Å²) in [5.74, 6) is 1.49. The fourth-order valence-electron chi connectivity index (χ4n) is 3.39. The van der Waals surface area contributed by atoms with Crippen LogP contribution in [0.1, 0.15) is 25.0 Å². The maximum Gasteiger partial charge on any atom is 0.325 e. The van der Waals surface area contributed by atoms with Crippen LogP contribution in [0.5, 0.6) is 0 Å². The summed E-state index contributed by atoms with van der Waals surface area (Å²) in [6.07, 6.45) is 5.04. The second-order valence-electron chi connectivity index (χ2n) is 6.39. The molecule has 8 heteroatoms. The van der Waals surface area contributed by atoms with Crippen LogP contribution in [-0.2, 0) is 0 Å². The van der Waals surface area contributed by atoms with Gasteiger partial charge in [-0.3, -0.25) is 9.78 Å². The minimum absolute atomic E-state index is 0.228. The Balaban J connectivity index is 1.72. The highest BCUT2D eigenvalue weighted by Gasteiger charge is 2.36. The second kappa shape index (κ2) is 5.60.